The second kappa shape index (κ2) is 12.0. The maximum Gasteiger partial charge on any atom is 0.282 e. The summed E-state index contributed by atoms with van der Waals surface area (Å²) in [6.45, 7) is 8.55. The van der Waals surface area contributed by atoms with Crippen LogP contribution in [0.2, 0.25) is 0 Å². The lowest BCUT2D eigenvalue weighted by Gasteiger charge is -2.54. The number of benzene rings is 1. The van der Waals surface area contributed by atoms with E-state index >= 15 is 0 Å². The fourth-order valence-corrected chi connectivity index (χ4v) is 7.37. The molecule has 10 nitrogen and oxygen atoms in total. The first-order valence-corrected chi connectivity index (χ1v) is 16.1. The minimum atomic E-state index is -0.394. The molecule has 1 saturated carbocycles. The van der Waals surface area contributed by atoms with E-state index in [1.165, 1.54) is 18.5 Å². The predicted octanol–water partition coefficient (Wildman–Crippen LogP) is 5.07. The zero-order valence-corrected chi connectivity index (χ0v) is 25.9. The monoisotopic (exact) mass is 610 g/mol. The van der Waals surface area contributed by atoms with E-state index < -0.39 is 5.82 Å². The lowest BCUT2D eigenvalue weighted by atomic mass is 9.72. The van der Waals surface area contributed by atoms with Crippen LogP contribution < -0.4 is 15.0 Å². The molecule has 11 heteroatoms. The van der Waals surface area contributed by atoms with Crippen molar-refractivity contribution in [3.8, 4) is 28.8 Å². The van der Waals surface area contributed by atoms with Crippen LogP contribution in [-0.2, 0) is 4.79 Å². The number of rotatable bonds is 8. The number of pyridine rings is 1. The molecule has 7 rings (SSSR count). The number of ether oxygens (including phenoxy) is 1. The molecule has 1 spiro atoms. The normalized spacial score (nSPS) is 22.4. The van der Waals surface area contributed by atoms with Gasteiger partial charge in [-0.3, -0.25) is 4.79 Å². The summed E-state index contributed by atoms with van der Waals surface area (Å²) < 4.78 is 20.9. The third-order valence-corrected chi connectivity index (χ3v) is 9.83. The van der Waals surface area contributed by atoms with Crippen molar-refractivity contribution in [1.82, 2.24) is 30.4 Å². The Hall–Kier alpha value is -4.17. The third-order valence-electron chi connectivity index (χ3n) is 9.83. The Bertz CT molecular complexity index is 1620. The zero-order valence-electron chi connectivity index (χ0n) is 25.9. The van der Waals surface area contributed by atoms with Gasteiger partial charge in [-0.25, -0.2) is 14.4 Å². The number of carbonyl (C=O) groups excluding carboxylic acids is 1. The molecule has 2 aromatic heterocycles. The molecule has 4 aliphatic rings. The molecule has 1 aliphatic carbocycles. The number of nitriles is 1. The summed E-state index contributed by atoms with van der Waals surface area (Å²) in [5, 5.41) is 21.1. The molecule has 0 radical (unpaired) electrons. The van der Waals surface area contributed by atoms with Crippen LogP contribution in [0, 0.1) is 34.4 Å². The van der Waals surface area contributed by atoms with Gasteiger partial charge in [0.1, 0.15) is 29.7 Å². The molecule has 0 unspecified atom stereocenters. The first-order valence-electron chi connectivity index (χ1n) is 16.1. The Kier molecular flexibility index (Phi) is 7.86. The van der Waals surface area contributed by atoms with Gasteiger partial charge in [-0.2, -0.15) is 5.26 Å². The Morgan fingerprint density at radius 3 is 2.71 bits per heavy atom. The summed E-state index contributed by atoms with van der Waals surface area (Å²) in [7, 11) is 0. The average molecular weight is 611 g/mol. The van der Waals surface area contributed by atoms with Crippen LogP contribution in [0.15, 0.2) is 36.7 Å². The van der Waals surface area contributed by atoms with E-state index in [-0.39, 0.29) is 29.2 Å². The standard InChI is InChI=1S/C34H39FN8O2/c1-21(2)13-22-14-28(37-17-22)33(44)42-11-9-34(10-12-42)18-43(19-34)31-32(41-39-20-38-31)45-29-8-5-24(35)15-27(29)26-7-6-25(16-36)40-30(26)23-3-4-23/h5-8,15,20-23,28,37H,3-4,9-14,17-19H2,1-2H3/t22-,28+/m1/s1. The number of aromatic nitrogens is 4. The molecule has 1 amide bonds. The van der Waals surface area contributed by atoms with Crippen LogP contribution in [-0.4, -0.2) is 69.7 Å². The van der Waals surface area contributed by atoms with E-state index in [0.717, 1.165) is 82.5 Å². The summed E-state index contributed by atoms with van der Waals surface area (Å²) in [5.74, 6) is 2.60. The lowest BCUT2D eigenvalue weighted by molar-refractivity contribution is -0.135. The molecule has 3 saturated heterocycles. The van der Waals surface area contributed by atoms with Crippen LogP contribution in [0.3, 0.4) is 0 Å². The second-order valence-electron chi connectivity index (χ2n) is 13.7. The van der Waals surface area contributed by atoms with E-state index in [1.807, 2.05) is 11.0 Å². The van der Waals surface area contributed by atoms with Gasteiger partial charge in [0.2, 0.25) is 5.91 Å². The third kappa shape index (κ3) is 6.08. The van der Waals surface area contributed by atoms with Crippen molar-refractivity contribution in [3.63, 3.8) is 0 Å². The molecule has 1 N–H and O–H groups in total. The molecule has 4 fully saturated rings. The van der Waals surface area contributed by atoms with Crippen LogP contribution in [0.5, 0.6) is 11.6 Å². The average Bonchev–Trinajstić information content (AvgIpc) is 3.78. The van der Waals surface area contributed by atoms with Crippen molar-refractivity contribution in [2.24, 2.45) is 17.3 Å². The first kappa shape index (κ1) is 29.5. The first-order chi connectivity index (χ1) is 21.8. The molecule has 234 valence electrons. The smallest absolute Gasteiger partial charge is 0.282 e. The maximum absolute atomic E-state index is 14.6. The quantitative estimate of drug-likeness (QED) is 0.373. The van der Waals surface area contributed by atoms with Gasteiger partial charge in [-0.05, 0) is 87.2 Å². The van der Waals surface area contributed by atoms with E-state index in [2.05, 4.69) is 50.3 Å². The molecule has 3 aromatic rings. The van der Waals surface area contributed by atoms with Gasteiger partial charge >= 0.3 is 0 Å². The van der Waals surface area contributed by atoms with Crippen molar-refractivity contribution >= 4 is 11.7 Å². The largest absolute Gasteiger partial charge is 0.434 e. The molecular formula is C34H39FN8O2. The Labute approximate surface area is 263 Å². The van der Waals surface area contributed by atoms with Crippen LogP contribution in [0.25, 0.3) is 11.1 Å². The highest BCUT2D eigenvalue weighted by Gasteiger charge is 2.47. The predicted molar refractivity (Wildman–Crippen MR) is 166 cm³/mol. The number of carbonyl (C=O) groups is 1. The summed E-state index contributed by atoms with van der Waals surface area (Å²) in [5.41, 5.74) is 2.55. The molecule has 3 aliphatic heterocycles. The summed E-state index contributed by atoms with van der Waals surface area (Å²) >= 11 is 0. The number of nitrogens with one attached hydrogen (secondary N) is 1. The Morgan fingerprint density at radius 2 is 1.98 bits per heavy atom. The highest BCUT2D eigenvalue weighted by Crippen LogP contribution is 2.47. The molecule has 2 atom stereocenters. The number of likely N-dealkylation sites (tertiary alicyclic amines) is 1. The van der Waals surface area contributed by atoms with Gasteiger partial charge in [0.25, 0.3) is 5.88 Å². The van der Waals surface area contributed by atoms with Gasteiger partial charge in [-0.15, -0.1) is 10.2 Å². The fraction of sp³-hybridized carbons (Fsp3) is 0.529. The SMILES string of the molecule is CC(C)C[C@H]1CN[C@H](C(=O)N2CCC3(CC2)CN(c2ncnnc2Oc2ccc(F)cc2-c2ccc(C#N)nc2C2CC2)C3)C1. The zero-order chi connectivity index (χ0) is 31.1. The highest BCUT2D eigenvalue weighted by atomic mass is 19.1. The topological polar surface area (TPSA) is 120 Å². The number of amides is 1. The number of piperidine rings is 1. The van der Waals surface area contributed by atoms with Crippen LogP contribution in [0.4, 0.5) is 10.2 Å². The number of anilines is 1. The Morgan fingerprint density at radius 1 is 1.18 bits per heavy atom. The van der Waals surface area contributed by atoms with Crippen molar-refractivity contribution in [3.05, 3.63) is 53.9 Å². The number of hydrogen-bond donors (Lipinski definition) is 1. The molecule has 0 bridgehead atoms. The second-order valence-corrected chi connectivity index (χ2v) is 13.7. The lowest BCUT2D eigenvalue weighted by Crippen LogP contribution is -2.62. The van der Waals surface area contributed by atoms with Gasteiger partial charge in [0.15, 0.2) is 5.82 Å². The van der Waals surface area contributed by atoms with Crippen molar-refractivity contribution in [1.29, 1.82) is 5.26 Å². The van der Waals surface area contributed by atoms with Crippen molar-refractivity contribution in [2.75, 3.05) is 37.6 Å². The van der Waals surface area contributed by atoms with Crippen molar-refractivity contribution in [2.45, 2.75) is 64.3 Å². The summed E-state index contributed by atoms with van der Waals surface area (Å²) in [6, 6.07) is 9.91. The van der Waals surface area contributed by atoms with E-state index in [4.69, 9.17) is 4.74 Å². The van der Waals surface area contributed by atoms with Crippen LogP contribution in [0.1, 0.15) is 69.7 Å². The summed E-state index contributed by atoms with van der Waals surface area (Å²) in [4.78, 5) is 26.6. The van der Waals surface area contributed by atoms with Gasteiger partial charge < -0.3 is 19.9 Å². The van der Waals surface area contributed by atoms with Gasteiger partial charge in [0, 0.05) is 48.6 Å². The molecular weight excluding hydrogens is 571 g/mol. The number of halogens is 1. The highest BCUT2D eigenvalue weighted by molar-refractivity contribution is 5.82. The maximum atomic E-state index is 14.6. The molecule has 1 aromatic carbocycles. The van der Waals surface area contributed by atoms with E-state index in [1.54, 1.807) is 12.1 Å². The van der Waals surface area contributed by atoms with Crippen LogP contribution >= 0.6 is 0 Å². The fourth-order valence-electron chi connectivity index (χ4n) is 7.37. The number of nitrogens with zero attached hydrogens (tertiary/aromatic N) is 7. The summed E-state index contributed by atoms with van der Waals surface area (Å²) in [6.07, 6.45) is 7.38. The van der Waals surface area contributed by atoms with E-state index in [9.17, 15) is 14.4 Å². The molecule has 45 heavy (non-hydrogen) atoms. The minimum absolute atomic E-state index is 0.0516. The van der Waals surface area contributed by atoms with Gasteiger partial charge in [0.05, 0.1) is 11.7 Å². The minimum Gasteiger partial charge on any atom is -0.434 e. The van der Waals surface area contributed by atoms with Crippen molar-refractivity contribution < 1.29 is 13.9 Å². The Balaban J connectivity index is 1.03. The number of hydrogen-bond acceptors (Lipinski definition) is 9. The van der Waals surface area contributed by atoms with Gasteiger partial charge in [-0.1, -0.05) is 13.8 Å². The molecule has 5 heterocycles. The van der Waals surface area contributed by atoms with E-state index in [0.29, 0.717) is 34.7 Å².